The van der Waals surface area contributed by atoms with Crippen molar-refractivity contribution < 1.29 is 9.95 Å². The van der Waals surface area contributed by atoms with Crippen molar-refractivity contribution in [2.45, 2.75) is 51.7 Å². The van der Waals surface area contributed by atoms with Gasteiger partial charge in [0.25, 0.3) is 0 Å². The molecule has 0 N–H and O–H groups in total. The van der Waals surface area contributed by atoms with Crippen molar-refractivity contribution in [1.29, 1.82) is 0 Å². The summed E-state index contributed by atoms with van der Waals surface area (Å²) in [6, 6.07) is 14.5. The standard InChI is InChI=1S/C19H23N2O2/c1-18(2)17(20(22)19(3,4)21(18)23)13-12-15-10-7-9-14-8-5-6-11-16(14)15/h5-11H,12-13H2,1-4H3. The van der Waals surface area contributed by atoms with E-state index in [1.165, 1.54) is 16.3 Å². The van der Waals surface area contributed by atoms with Crippen LogP contribution in [0.3, 0.4) is 0 Å². The molecule has 0 fully saturated rings. The van der Waals surface area contributed by atoms with E-state index in [1.807, 2.05) is 32.0 Å². The molecule has 0 aliphatic carbocycles. The molecule has 1 aliphatic heterocycles. The van der Waals surface area contributed by atoms with Crippen molar-refractivity contribution in [3.05, 3.63) is 53.2 Å². The Morgan fingerprint density at radius 3 is 2.30 bits per heavy atom. The zero-order valence-corrected chi connectivity index (χ0v) is 14.2. The Balaban J connectivity index is 1.92. The second-order valence-corrected chi connectivity index (χ2v) is 7.23. The Morgan fingerprint density at radius 1 is 1.00 bits per heavy atom. The van der Waals surface area contributed by atoms with E-state index in [1.54, 1.807) is 13.8 Å². The summed E-state index contributed by atoms with van der Waals surface area (Å²) in [5.74, 6) is 0. The van der Waals surface area contributed by atoms with Gasteiger partial charge in [0.05, 0.1) is 0 Å². The summed E-state index contributed by atoms with van der Waals surface area (Å²) in [5, 5.41) is 28.4. The minimum absolute atomic E-state index is 0.590. The SMILES string of the molecule is CC1(C)C(CCc2cccc3ccccc23)=[N+]([O-])C(C)(C)N1[O]. The molecular formula is C19H23N2O2. The summed E-state index contributed by atoms with van der Waals surface area (Å²) in [7, 11) is 0. The van der Waals surface area contributed by atoms with E-state index in [4.69, 9.17) is 0 Å². The lowest BCUT2D eigenvalue weighted by molar-refractivity contribution is -0.587. The predicted molar refractivity (Wildman–Crippen MR) is 91.6 cm³/mol. The molecule has 2 aromatic rings. The maximum absolute atomic E-state index is 12.6. The number of rotatable bonds is 3. The highest BCUT2D eigenvalue weighted by atomic mass is 16.6. The van der Waals surface area contributed by atoms with Gasteiger partial charge in [-0.25, -0.2) is 0 Å². The number of hydroxylamine groups is 3. The van der Waals surface area contributed by atoms with Crippen molar-refractivity contribution in [3.63, 3.8) is 0 Å². The maximum Gasteiger partial charge on any atom is 0.248 e. The second kappa shape index (κ2) is 5.32. The van der Waals surface area contributed by atoms with Crippen molar-refractivity contribution in [2.24, 2.45) is 0 Å². The lowest BCUT2D eigenvalue weighted by atomic mass is 9.92. The third-order valence-electron chi connectivity index (χ3n) is 4.96. The van der Waals surface area contributed by atoms with Gasteiger partial charge in [-0.15, -0.1) is 5.21 Å². The van der Waals surface area contributed by atoms with Crippen LogP contribution in [-0.2, 0) is 11.6 Å². The van der Waals surface area contributed by atoms with Crippen LogP contribution in [0.1, 0.15) is 39.7 Å². The molecule has 0 bridgehead atoms. The Kier molecular flexibility index (Phi) is 3.69. The third-order valence-corrected chi connectivity index (χ3v) is 4.96. The number of nitrogens with zero attached hydrogens (tertiary/aromatic N) is 2. The molecule has 4 heteroatoms. The fraction of sp³-hybridized carbons (Fsp3) is 0.421. The average molecular weight is 311 g/mol. The molecular weight excluding hydrogens is 288 g/mol. The van der Waals surface area contributed by atoms with Gasteiger partial charge in [0.15, 0.2) is 5.71 Å². The van der Waals surface area contributed by atoms with E-state index >= 15 is 0 Å². The maximum atomic E-state index is 12.6. The van der Waals surface area contributed by atoms with Crippen molar-refractivity contribution in [2.75, 3.05) is 0 Å². The molecule has 1 aliphatic rings. The molecule has 0 saturated heterocycles. The fourth-order valence-electron chi connectivity index (χ4n) is 3.63. The highest BCUT2D eigenvalue weighted by Crippen LogP contribution is 2.34. The molecule has 0 unspecified atom stereocenters. The molecule has 3 rings (SSSR count). The molecule has 0 amide bonds. The van der Waals surface area contributed by atoms with E-state index in [0.717, 1.165) is 16.2 Å². The van der Waals surface area contributed by atoms with Crippen LogP contribution in [0.4, 0.5) is 0 Å². The quantitative estimate of drug-likeness (QED) is 0.637. The van der Waals surface area contributed by atoms with Gasteiger partial charge < -0.3 is 5.21 Å². The Morgan fingerprint density at radius 2 is 1.65 bits per heavy atom. The van der Waals surface area contributed by atoms with Crippen LogP contribution in [0.25, 0.3) is 10.8 Å². The highest BCUT2D eigenvalue weighted by molar-refractivity contribution is 5.91. The van der Waals surface area contributed by atoms with Crippen LogP contribution < -0.4 is 0 Å². The zero-order valence-electron chi connectivity index (χ0n) is 14.2. The Labute approximate surface area is 137 Å². The monoisotopic (exact) mass is 311 g/mol. The van der Waals surface area contributed by atoms with Crippen LogP contribution in [0.15, 0.2) is 42.5 Å². The number of fused-ring (bicyclic) bond motifs is 1. The first-order chi connectivity index (χ1) is 10.8. The second-order valence-electron chi connectivity index (χ2n) is 7.23. The van der Waals surface area contributed by atoms with Gasteiger partial charge in [-0.05, 0) is 36.6 Å². The van der Waals surface area contributed by atoms with Crippen molar-refractivity contribution >= 4 is 16.5 Å². The van der Waals surface area contributed by atoms with Gasteiger partial charge in [-0.2, -0.15) is 4.74 Å². The van der Waals surface area contributed by atoms with Crippen molar-refractivity contribution in [3.8, 4) is 0 Å². The topological polar surface area (TPSA) is 49.2 Å². The summed E-state index contributed by atoms with van der Waals surface area (Å²) >= 11 is 0. The lowest BCUT2D eigenvalue weighted by Gasteiger charge is -2.27. The van der Waals surface area contributed by atoms with Crippen LogP contribution in [-0.4, -0.2) is 26.7 Å². The summed E-state index contributed by atoms with van der Waals surface area (Å²) in [5.41, 5.74) is 0.0559. The number of aryl methyl sites for hydroxylation is 1. The van der Waals surface area contributed by atoms with Crippen LogP contribution in [0, 0.1) is 5.21 Å². The van der Waals surface area contributed by atoms with Crippen LogP contribution >= 0.6 is 0 Å². The summed E-state index contributed by atoms with van der Waals surface area (Å²) in [6.07, 6.45) is 1.34. The van der Waals surface area contributed by atoms with E-state index < -0.39 is 11.2 Å². The lowest BCUT2D eigenvalue weighted by Crippen LogP contribution is -2.50. The number of hydrogen-bond donors (Lipinski definition) is 0. The minimum Gasteiger partial charge on any atom is -0.622 e. The molecule has 2 aromatic carbocycles. The molecule has 121 valence electrons. The van der Waals surface area contributed by atoms with E-state index in [-0.39, 0.29) is 0 Å². The van der Waals surface area contributed by atoms with E-state index in [0.29, 0.717) is 12.1 Å². The van der Waals surface area contributed by atoms with Crippen LogP contribution in [0.5, 0.6) is 0 Å². The zero-order chi connectivity index (χ0) is 16.8. The summed E-state index contributed by atoms with van der Waals surface area (Å²) in [4.78, 5) is 0. The van der Waals surface area contributed by atoms with Gasteiger partial charge in [-0.3, -0.25) is 0 Å². The molecule has 23 heavy (non-hydrogen) atoms. The minimum atomic E-state index is -1.04. The summed E-state index contributed by atoms with van der Waals surface area (Å²) < 4.78 is 0.908. The molecule has 0 aromatic heterocycles. The molecule has 1 radical (unpaired) electrons. The fourth-order valence-corrected chi connectivity index (χ4v) is 3.63. The Hall–Kier alpha value is -1.91. The predicted octanol–water partition coefficient (Wildman–Crippen LogP) is 3.90. The first kappa shape index (κ1) is 16.0. The molecule has 0 saturated carbocycles. The van der Waals surface area contributed by atoms with Gasteiger partial charge in [0.1, 0.15) is 5.54 Å². The van der Waals surface area contributed by atoms with Gasteiger partial charge in [-0.1, -0.05) is 47.5 Å². The number of hydrogen-bond acceptors (Lipinski definition) is 2. The van der Waals surface area contributed by atoms with Gasteiger partial charge in [0, 0.05) is 20.3 Å². The Bertz CT molecular complexity index is 773. The molecule has 4 nitrogen and oxygen atoms in total. The van der Waals surface area contributed by atoms with Crippen LogP contribution in [0.2, 0.25) is 0 Å². The highest BCUT2D eigenvalue weighted by Gasteiger charge is 2.57. The van der Waals surface area contributed by atoms with Gasteiger partial charge >= 0.3 is 0 Å². The first-order valence-electron chi connectivity index (χ1n) is 8.04. The summed E-state index contributed by atoms with van der Waals surface area (Å²) in [6.45, 7) is 7.02. The van der Waals surface area contributed by atoms with Gasteiger partial charge in [0.2, 0.25) is 5.66 Å². The van der Waals surface area contributed by atoms with Crippen molar-refractivity contribution in [1.82, 2.24) is 5.06 Å². The smallest absolute Gasteiger partial charge is 0.248 e. The normalized spacial score (nSPS) is 20.4. The molecule has 0 spiro atoms. The first-order valence-corrected chi connectivity index (χ1v) is 8.04. The van der Waals surface area contributed by atoms with E-state index in [2.05, 4.69) is 24.3 Å². The third kappa shape index (κ3) is 2.42. The van der Waals surface area contributed by atoms with E-state index in [9.17, 15) is 10.4 Å². The molecule has 0 atom stereocenters. The molecule has 1 heterocycles. The number of benzene rings is 2. The largest absolute Gasteiger partial charge is 0.622 e. The average Bonchev–Trinajstić information content (AvgIpc) is 2.64.